The lowest BCUT2D eigenvalue weighted by Crippen LogP contribution is -2.28. The summed E-state index contributed by atoms with van der Waals surface area (Å²) in [6, 6.07) is 10.5. The zero-order chi connectivity index (χ0) is 13.7. The molecule has 0 unspecified atom stereocenters. The summed E-state index contributed by atoms with van der Waals surface area (Å²) in [4.78, 5) is 24.1. The van der Waals surface area contributed by atoms with Gasteiger partial charge in [0.25, 0.3) is 5.91 Å². The molecule has 98 valence electrons. The number of nitrogens with one attached hydrogen (secondary N) is 1. The zero-order valence-electron chi connectivity index (χ0n) is 10.4. The van der Waals surface area contributed by atoms with Crippen molar-refractivity contribution >= 4 is 23.0 Å². The molecule has 0 spiro atoms. The molecule has 0 saturated heterocycles. The van der Waals surface area contributed by atoms with Crippen molar-refractivity contribution in [2.75, 3.05) is 13.7 Å². The van der Waals surface area contributed by atoms with Crippen LogP contribution in [0, 0.1) is 0 Å². The van der Waals surface area contributed by atoms with Crippen LogP contribution in [0.3, 0.4) is 0 Å². The van der Waals surface area contributed by atoms with Crippen molar-refractivity contribution in [2.45, 2.75) is 0 Å². The number of benzene rings is 1. The Balaban J connectivity index is 1.92. The number of ketones is 1. The average molecular weight is 275 g/mol. The molecule has 4 nitrogen and oxygen atoms in total. The van der Waals surface area contributed by atoms with Crippen LogP contribution in [0.1, 0.15) is 20.0 Å². The molecule has 0 bridgehead atoms. The molecule has 1 amide bonds. The monoisotopic (exact) mass is 275 g/mol. The van der Waals surface area contributed by atoms with Crippen LogP contribution in [0.15, 0.2) is 41.8 Å². The predicted molar refractivity (Wildman–Crippen MR) is 74.0 cm³/mol. The molecule has 0 fully saturated rings. The fourth-order valence-electron chi connectivity index (χ4n) is 1.52. The van der Waals surface area contributed by atoms with Gasteiger partial charge in [-0.1, -0.05) is 30.3 Å². The molecule has 5 heteroatoms. The van der Waals surface area contributed by atoms with Crippen LogP contribution in [0.25, 0.3) is 0 Å². The number of methoxy groups -OCH3 is 1. The standard InChI is InChI=1S/C14H13NO3S/c1-18-11-7-13(19-9-11)14(17)15-8-12(16)10-5-3-2-4-6-10/h2-7,9H,8H2,1H3,(H,15,17). The van der Waals surface area contributed by atoms with Crippen LogP contribution in [-0.2, 0) is 0 Å². The van der Waals surface area contributed by atoms with E-state index in [2.05, 4.69) is 5.32 Å². The van der Waals surface area contributed by atoms with E-state index in [4.69, 9.17) is 4.74 Å². The Bertz CT molecular complexity index is 577. The minimum Gasteiger partial charge on any atom is -0.496 e. The zero-order valence-corrected chi connectivity index (χ0v) is 11.2. The van der Waals surface area contributed by atoms with Gasteiger partial charge in [0.1, 0.15) is 5.75 Å². The van der Waals surface area contributed by atoms with Crippen molar-refractivity contribution in [1.29, 1.82) is 0 Å². The maximum atomic E-state index is 11.8. The lowest BCUT2D eigenvalue weighted by atomic mass is 10.1. The van der Waals surface area contributed by atoms with Crippen molar-refractivity contribution in [3.05, 3.63) is 52.2 Å². The van der Waals surface area contributed by atoms with Gasteiger partial charge < -0.3 is 10.1 Å². The summed E-state index contributed by atoms with van der Waals surface area (Å²) in [5, 5.41) is 4.34. The summed E-state index contributed by atoms with van der Waals surface area (Å²) in [6.45, 7) is -0.0109. The van der Waals surface area contributed by atoms with Gasteiger partial charge in [-0.2, -0.15) is 0 Å². The molecular weight excluding hydrogens is 262 g/mol. The molecule has 1 aromatic carbocycles. The molecule has 0 atom stereocenters. The second-order valence-corrected chi connectivity index (χ2v) is 4.73. The first-order valence-electron chi connectivity index (χ1n) is 5.69. The van der Waals surface area contributed by atoms with Gasteiger partial charge in [-0.15, -0.1) is 11.3 Å². The third-order valence-electron chi connectivity index (χ3n) is 2.54. The predicted octanol–water partition coefficient (Wildman–Crippen LogP) is 2.37. The van der Waals surface area contributed by atoms with E-state index in [1.807, 2.05) is 6.07 Å². The molecule has 0 aliphatic carbocycles. The highest BCUT2D eigenvalue weighted by Gasteiger charge is 2.11. The van der Waals surface area contributed by atoms with Crippen molar-refractivity contribution in [3.8, 4) is 5.75 Å². The van der Waals surface area contributed by atoms with E-state index in [1.54, 1.807) is 42.8 Å². The molecule has 0 aliphatic rings. The molecule has 0 saturated carbocycles. The lowest BCUT2D eigenvalue weighted by molar-refractivity contribution is 0.0906. The van der Waals surface area contributed by atoms with Crippen molar-refractivity contribution in [2.24, 2.45) is 0 Å². The lowest BCUT2D eigenvalue weighted by Gasteiger charge is -2.02. The second kappa shape index (κ2) is 6.15. The Kier molecular flexibility index (Phi) is 4.30. The summed E-state index contributed by atoms with van der Waals surface area (Å²) >= 11 is 1.28. The van der Waals surface area contributed by atoms with Crippen molar-refractivity contribution in [3.63, 3.8) is 0 Å². The van der Waals surface area contributed by atoms with Crippen molar-refractivity contribution < 1.29 is 14.3 Å². The van der Waals surface area contributed by atoms with E-state index >= 15 is 0 Å². The molecule has 0 radical (unpaired) electrons. The third-order valence-corrected chi connectivity index (χ3v) is 3.45. The largest absolute Gasteiger partial charge is 0.496 e. The number of thiophene rings is 1. The molecule has 1 aromatic heterocycles. The van der Waals surface area contributed by atoms with Crippen LogP contribution in [0.4, 0.5) is 0 Å². The van der Waals surface area contributed by atoms with E-state index in [1.165, 1.54) is 11.3 Å². The fourth-order valence-corrected chi connectivity index (χ4v) is 2.29. The summed E-state index contributed by atoms with van der Waals surface area (Å²) in [7, 11) is 1.54. The highest BCUT2D eigenvalue weighted by molar-refractivity contribution is 7.12. The fraction of sp³-hybridized carbons (Fsp3) is 0.143. The Hall–Kier alpha value is -2.14. The van der Waals surface area contributed by atoms with Crippen LogP contribution in [-0.4, -0.2) is 25.3 Å². The minimum atomic E-state index is -0.266. The van der Waals surface area contributed by atoms with Gasteiger partial charge in [0.2, 0.25) is 0 Å². The first kappa shape index (κ1) is 13.3. The van der Waals surface area contributed by atoms with E-state index < -0.39 is 0 Å². The summed E-state index contributed by atoms with van der Waals surface area (Å²) in [5.41, 5.74) is 0.589. The molecule has 0 aliphatic heterocycles. The van der Waals surface area contributed by atoms with Gasteiger partial charge >= 0.3 is 0 Å². The van der Waals surface area contributed by atoms with Crippen molar-refractivity contribution in [1.82, 2.24) is 5.32 Å². The normalized spacial score (nSPS) is 9.95. The molecule has 19 heavy (non-hydrogen) atoms. The number of carbonyl (C=O) groups is 2. The first-order valence-corrected chi connectivity index (χ1v) is 6.57. The third kappa shape index (κ3) is 3.42. The molecule has 2 aromatic rings. The van der Waals surface area contributed by atoms with Gasteiger partial charge in [0, 0.05) is 17.0 Å². The molecular formula is C14H13NO3S. The highest BCUT2D eigenvalue weighted by Crippen LogP contribution is 2.20. The highest BCUT2D eigenvalue weighted by atomic mass is 32.1. The smallest absolute Gasteiger partial charge is 0.261 e. The second-order valence-electron chi connectivity index (χ2n) is 3.82. The van der Waals surface area contributed by atoms with Crippen LogP contribution in [0.5, 0.6) is 5.75 Å². The molecule has 1 N–H and O–H groups in total. The summed E-state index contributed by atoms with van der Waals surface area (Å²) in [6.07, 6.45) is 0. The Morgan fingerprint density at radius 2 is 2.00 bits per heavy atom. The number of hydrogen-bond acceptors (Lipinski definition) is 4. The quantitative estimate of drug-likeness (QED) is 0.852. The van der Waals surface area contributed by atoms with Crippen LogP contribution < -0.4 is 10.1 Å². The maximum absolute atomic E-state index is 11.8. The number of rotatable bonds is 5. The minimum absolute atomic E-state index is 0.0109. The van der Waals surface area contributed by atoms with Crippen LogP contribution >= 0.6 is 11.3 Å². The van der Waals surface area contributed by atoms with Gasteiger partial charge in [-0.25, -0.2) is 0 Å². The number of hydrogen-bond donors (Lipinski definition) is 1. The summed E-state index contributed by atoms with van der Waals surface area (Å²) < 4.78 is 5.00. The topological polar surface area (TPSA) is 55.4 Å². The Labute approximate surface area is 115 Å². The van der Waals surface area contributed by atoms with Gasteiger partial charge in [-0.3, -0.25) is 9.59 Å². The van der Waals surface area contributed by atoms with Gasteiger partial charge in [0.15, 0.2) is 5.78 Å². The SMILES string of the molecule is COc1csc(C(=O)NCC(=O)c2ccccc2)c1. The summed E-state index contributed by atoms with van der Waals surface area (Å²) in [5.74, 6) is 0.264. The molecule has 2 rings (SSSR count). The van der Waals surface area contributed by atoms with Crippen LogP contribution in [0.2, 0.25) is 0 Å². The number of ether oxygens (including phenoxy) is 1. The first-order chi connectivity index (χ1) is 9.20. The maximum Gasteiger partial charge on any atom is 0.261 e. The van der Waals surface area contributed by atoms with Gasteiger partial charge in [-0.05, 0) is 0 Å². The van der Waals surface area contributed by atoms with E-state index in [9.17, 15) is 9.59 Å². The number of amides is 1. The van der Waals surface area contributed by atoms with Gasteiger partial charge in [0.05, 0.1) is 18.5 Å². The Morgan fingerprint density at radius 3 is 2.63 bits per heavy atom. The molecule has 1 heterocycles. The van der Waals surface area contributed by atoms with E-state index in [0.717, 1.165) is 0 Å². The number of carbonyl (C=O) groups excluding carboxylic acids is 2. The van der Waals surface area contributed by atoms with E-state index in [-0.39, 0.29) is 18.2 Å². The average Bonchev–Trinajstić information content (AvgIpc) is 2.94. The number of Topliss-reactive ketones (excluding diaryl/α,β-unsaturated/α-hetero) is 1. The Morgan fingerprint density at radius 1 is 1.26 bits per heavy atom. The van der Waals surface area contributed by atoms with E-state index in [0.29, 0.717) is 16.2 Å².